The molecule has 0 radical (unpaired) electrons. The molecule has 2 aromatic rings. The lowest BCUT2D eigenvalue weighted by Gasteiger charge is -2.44. The van der Waals surface area contributed by atoms with Crippen molar-refractivity contribution < 1.29 is 8.42 Å². The second kappa shape index (κ2) is 6.31. The van der Waals surface area contributed by atoms with E-state index < -0.39 is 10.0 Å². The Morgan fingerprint density at radius 1 is 0.917 bits per heavy atom. The maximum Gasteiger partial charge on any atom is 0.218 e. The largest absolute Gasteiger partial charge is 0.293 e. The van der Waals surface area contributed by atoms with Gasteiger partial charge in [0, 0.05) is 32.2 Å². The number of benzene rings is 2. The summed E-state index contributed by atoms with van der Waals surface area (Å²) in [5, 5.41) is 0. The first-order valence-corrected chi connectivity index (χ1v) is 10.1. The van der Waals surface area contributed by atoms with Gasteiger partial charge in [-0.3, -0.25) is 4.90 Å². The van der Waals surface area contributed by atoms with E-state index in [-0.39, 0.29) is 11.8 Å². The summed E-state index contributed by atoms with van der Waals surface area (Å²) in [6.45, 7) is 2.99. The molecule has 0 aliphatic carbocycles. The molecule has 2 aliphatic heterocycles. The molecule has 0 bridgehead atoms. The normalized spacial score (nSPS) is 21.9. The number of sulfonamides is 1. The van der Waals surface area contributed by atoms with Crippen LogP contribution in [-0.2, 0) is 22.2 Å². The second-order valence-electron chi connectivity index (χ2n) is 6.60. The average molecular weight is 342 g/mol. The molecule has 0 N–H and O–H groups in total. The molecule has 1 atom stereocenters. The van der Waals surface area contributed by atoms with E-state index in [9.17, 15) is 8.42 Å². The molecule has 1 saturated heterocycles. The molecule has 2 aromatic carbocycles. The third-order valence-corrected chi connectivity index (χ3v) is 6.94. The Kier molecular flexibility index (Phi) is 4.16. The fourth-order valence-electron chi connectivity index (χ4n) is 3.84. The molecule has 0 amide bonds. The first kappa shape index (κ1) is 15.8. The molecule has 1 fully saturated rings. The van der Waals surface area contributed by atoms with Gasteiger partial charge >= 0.3 is 0 Å². The summed E-state index contributed by atoms with van der Waals surface area (Å²) in [5.74, 6) is 0.0855. The maximum absolute atomic E-state index is 12.8. The second-order valence-corrected chi connectivity index (χ2v) is 8.57. The van der Waals surface area contributed by atoms with Crippen LogP contribution in [0.25, 0.3) is 0 Å². The third-order valence-electron chi connectivity index (χ3n) is 5.12. The minimum atomic E-state index is -3.28. The predicted molar refractivity (Wildman–Crippen MR) is 95.1 cm³/mol. The Labute approximate surface area is 143 Å². The van der Waals surface area contributed by atoms with Crippen molar-refractivity contribution in [2.45, 2.75) is 18.2 Å². The van der Waals surface area contributed by atoms with Crippen LogP contribution in [0.2, 0.25) is 0 Å². The van der Waals surface area contributed by atoms with Crippen LogP contribution in [0.4, 0.5) is 0 Å². The van der Waals surface area contributed by atoms with E-state index >= 15 is 0 Å². The highest BCUT2D eigenvalue weighted by Gasteiger charge is 2.36. The van der Waals surface area contributed by atoms with Crippen LogP contribution in [0.3, 0.4) is 0 Å². The highest BCUT2D eigenvalue weighted by molar-refractivity contribution is 7.88. The summed E-state index contributed by atoms with van der Waals surface area (Å²) < 4.78 is 27.4. The Bertz CT molecular complexity index is 820. The highest BCUT2D eigenvalue weighted by atomic mass is 32.2. The van der Waals surface area contributed by atoms with E-state index in [1.54, 1.807) is 4.31 Å². The maximum atomic E-state index is 12.8. The van der Waals surface area contributed by atoms with Crippen molar-refractivity contribution in [3.63, 3.8) is 0 Å². The van der Waals surface area contributed by atoms with Crippen molar-refractivity contribution in [1.82, 2.24) is 9.21 Å². The molecule has 24 heavy (non-hydrogen) atoms. The molecule has 2 heterocycles. The van der Waals surface area contributed by atoms with E-state index in [0.717, 1.165) is 25.1 Å². The fourth-order valence-corrected chi connectivity index (χ4v) is 5.36. The minimum Gasteiger partial charge on any atom is -0.293 e. The molecule has 4 rings (SSSR count). The lowest BCUT2D eigenvalue weighted by Crippen LogP contribution is -2.52. The predicted octanol–water partition coefficient (Wildman–Crippen LogP) is 2.43. The Hall–Kier alpha value is -1.69. The van der Waals surface area contributed by atoms with Crippen molar-refractivity contribution in [3.05, 3.63) is 71.3 Å². The van der Waals surface area contributed by atoms with Gasteiger partial charge in [-0.15, -0.1) is 0 Å². The fraction of sp³-hybridized carbons (Fsp3) is 0.368. The van der Waals surface area contributed by atoms with Crippen LogP contribution in [0.15, 0.2) is 54.6 Å². The van der Waals surface area contributed by atoms with Crippen molar-refractivity contribution in [2.75, 3.05) is 26.2 Å². The summed E-state index contributed by atoms with van der Waals surface area (Å²) in [5.41, 5.74) is 3.51. The van der Waals surface area contributed by atoms with Gasteiger partial charge in [-0.2, -0.15) is 4.31 Å². The Balaban J connectivity index is 1.57. The number of rotatable bonds is 3. The molecule has 126 valence electrons. The van der Waals surface area contributed by atoms with Crippen molar-refractivity contribution in [2.24, 2.45) is 0 Å². The van der Waals surface area contributed by atoms with Gasteiger partial charge in [0.15, 0.2) is 0 Å². The SMILES string of the molecule is O=S(=O)(Cc1ccccc1)N1CCN2CCc3ccccc3C2C1. The van der Waals surface area contributed by atoms with Crippen LogP contribution in [0, 0.1) is 0 Å². The van der Waals surface area contributed by atoms with E-state index in [0.29, 0.717) is 13.1 Å². The standard InChI is InChI=1S/C19H22N2O2S/c22-24(23,15-16-6-2-1-3-7-16)21-13-12-20-11-10-17-8-4-5-9-18(17)19(20)14-21/h1-9,19H,10-15H2. The van der Waals surface area contributed by atoms with Crippen LogP contribution >= 0.6 is 0 Å². The van der Waals surface area contributed by atoms with Gasteiger partial charge in [-0.1, -0.05) is 54.6 Å². The van der Waals surface area contributed by atoms with Gasteiger partial charge in [0.1, 0.15) is 0 Å². The van der Waals surface area contributed by atoms with Gasteiger partial charge < -0.3 is 0 Å². The molecule has 0 aromatic heterocycles. The summed E-state index contributed by atoms with van der Waals surface area (Å²) in [4.78, 5) is 2.43. The Morgan fingerprint density at radius 2 is 1.67 bits per heavy atom. The molecular formula is C19H22N2O2S. The third kappa shape index (κ3) is 2.99. The number of hydrogen-bond acceptors (Lipinski definition) is 3. The van der Waals surface area contributed by atoms with Gasteiger partial charge in [0.2, 0.25) is 10.0 Å². The zero-order valence-electron chi connectivity index (χ0n) is 13.6. The molecule has 5 heteroatoms. The van der Waals surface area contributed by atoms with Gasteiger partial charge in [-0.05, 0) is 23.1 Å². The molecule has 0 spiro atoms. The quantitative estimate of drug-likeness (QED) is 0.860. The van der Waals surface area contributed by atoms with Crippen molar-refractivity contribution >= 4 is 10.0 Å². The lowest BCUT2D eigenvalue weighted by molar-refractivity contribution is 0.109. The zero-order chi connectivity index (χ0) is 16.6. The summed E-state index contributed by atoms with van der Waals surface area (Å²) in [7, 11) is -3.28. The van der Waals surface area contributed by atoms with Gasteiger partial charge in [0.25, 0.3) is 0 Å². The van der Waals surface area contributed by atoms with Gasteiger partial charge in [-0.25, -0.2) is 8.42 Å². The Morgan fingerprint density at radius 3 is 2.50 bits per heavy atom. The summed E-state index contributed by atoms with van der Waals surface area (Å²) in [6.07, 6.45) is 1.06. The zero-order valence-corrected chi connectivity index (χ0v) is 14.5. The average Bonchev–Trinajstić information content (AvgIpc) is 2.61. The molecule has 1 unspecified atom stereocenters. The molecular weight excluding hydrogens is 320 g/mol. The number of hydrogen-bond donors (Lipinski definition) is 0. The van der Waals surface area contributed by atoms with Crippen molar-refractivity contribution in [3.8, 4) is 0 Å². The van der Waals surface area contributed by atoms with E-state index in [1.807, 2.05) is 30.3 Å². The van der Waals surface area contributed by atoms with E-state index in [4.69, 9.17) is 0 Å². The molecule has 4 nitrogen and oxygen atoms in total. The topological polar surface area (TPSA) is 40.6 Å². The first-order valence-electron chi connectivity index (χ1n) is 8.47. The molecule has 0 saturated carbocycles. The van der Waals surface area contributed by atoms with Crippen LogP contribution in [-0.4, -0.2) is 43.8 Å². The highest BCUT2D eigenvalue weighted by Crippen LogP contribution is 2.33. The first-order chi connectivity index (χ1) is 11.6. The van der Waals surface area contributed by atoms with Crippen LogP contribution < -0.4 is 0 Å². The minimum absolute atomic E-state index is 0.0855. The smallest absolute Gasteiger partial charge is 0.218 e. The van der Waals surface area contributed by atoms with Gasteiger partial charge in [0.05, 0.1) is 5.75 Å². The van der Waals surface area contributed by atoms with Crippen molar-refractivity contribution in [1.29, 1.82) is 0 Å². The number of nitrogens with zero attached hydrogens (tertiary/aromatic N) is 2. The summed E-state index contributed by atoms with van der Waals surface area (Å²) in [6, 6.07) is 18.1. The van der Waals surface area contributed by atoms with E-state index in [1.165, 1.54) is 11.1 Å². The molecule has 2 aliphatic rings. The summed E-state index contributed by atoms with van der Waals surface area (Å²) >= 11 is 0. The monoisotopic (exact) mass is 342 g/mol. The number of piperazine rings is 1. The number of fused-ring (bicyclic) bond motifs is 3. The van der Waals surface area contributed by atoms with Crippen LogP contribution in [0.5, 0.6) is 0 Å². The van der Waals surface area contributed by atoms with Crippen LogP contribution in [0.1, 0.15) is 22.7 Å². The van der Waals surface area contributed by atoms with E-state index in [2.05, 4.69) is 29.2 Å². The lowest BCUT2D eigenvalue weighted by atomic mass is 9.91.